The first-order chi connectivity index (χ1) is 8.68. The van der Waals surface area contributed by atoms with E-state index >= 15 is 0 Å². The summed E-state index contributed by atoms with van der Waals surface area (Å²) in [6, 6.07) is 0.625. The second kappa shape index (κ2) is 5.43. The van der Waals surface area contributed by atoms with Crippen molar-refractivity contribution in [2.75, 3.05) is 12.3 Å². The monoisotopic (exact) mass is 296 g/mol. The zero-order chi connectivity index (χ0) is 14.8. The molecule has 5 nitrogen and oxygen atoms in total. The first-order valence-corrected chi connectivity index (χ1v) is 5.31. The topological polar surface area (TPSA) is 82.3 Å². The fraction of sp³-hybridized carbons (Fsp3) is 0.300. The van der Waals surface area contributed by atoms with Crippen LogP contribution in [0.25, 0.3) is 0 Å². The van der Waals surface area contributed by atoms with Crippen molar-refractivity contribution in [3.05, 3.63) is 22.3 Å². The van der Waals surface area contributed by atoms with Crippen LogP contribution >= 0.6 is 11.6 Å². The molecule has 0 amide bonds. The quantitative estimate of drug-likeness (QED) is 0.525. The van der Waals surface area contributed by atoms with Crippen LogP contribution in [0.1, 0.15) is 27.6 Å². The number of ether oxygens (including phenoxy) is 1. The predicted octanol–water partition coefficient (Wildman–Crippen LogP) is 2.24. The highest BCUT2D eigenvalue weighted by Crippen LogP contribution is 2.28. The zero-order valence-corrected chi connectivity index (χ0v) is 10.3. The number of alkyl halides is 3. The molecule has 0 aromatic carbocycles. The van der Waals surface area contributed by atoms with Crippen LogP contribution < -0.4 is 5.73 Å². The Labute approximate surface area is 110 Å². The van der Waals surface area contributed by atoms with Crippen LogP contribution in [0.4, 0.5) is 19.0 Å². The van der Waals surface area contributed by atoms with Crippen LogP contribution in [0.5, 0.6) is 0 Å². The number of rotatable bonds is 3. The summed E-state index contributed by atoms with van der Waals surface area (Å²) in [7, 11) is 0. The lowest BCUT2D eigenvalue weighted by atomic mass is 10.0. The van der Waals surface area contributed by atoms with Gasteiger partial charge in [0.05, 0.1) is 6.61 Å². The molecule has 1 heterocycles. The Balaban J connectivity index is 3.45. The standard InChI is InChI=1S/C10H8ClF3N2O3/c1-2-19-9(18)6-4(7(17)10(12,13)14)3-5(11)16-8(6)15/h3H,2H2,1H3,(H2,15,16). The number of hydrogen-bond donors (Lipinski definition) is 1. The van der Waals surface area contributed by atoms with E-state index < -0.39 is 40.0 Å². The van der Waals surface area contributed by atoms with E-state index in [1.807, 2.05) is 0 Å². The second-order valence-corrected chi connectivity index (χ2v) is 3.69. The number of nitrogens with two attached hydrogens (primary N) is 1. The molecule has 0 aliphatic carbocycles. The maximum Gasteiger partial charge on any atom is 0.454 e. The van der Waals surface area contributed by atoms with Crippen LogP contribution in [-0.4, -0.2) is 29.5 Å². The van der Waals surface area contributed by atoms with E-state index in [2.05, 4.69) is 9.72 Å². The number of hydrogen-bond acceptors (Lipinski definition) is 5. The maximum absolute atomic E-state index is 12.4. The Morgan fingerprint density at radius 1 is 1.47 bits per heavy atom. The molecule has 0 radical (unpaired) electrons. The fourth-order valence-corrected chi connectivity index (χ4v) is 1.48. The molecular weight excluding hydrogens is 289 g/mol. The van der Waals surface area contributed by atoms with Gasteiger partial charge in [-0.05, 0) is 13.0 Å². The lowest BCUT2D eigenvalue weighted by molar-refractivity contribution is -0.0885. The zero-order valence-electron chi connectivity index (χ0n) is 9.55. The number of nitrogen functional groups attached to an aromatic ring is 1. The van der Waals surface area contributed by atoms with Gasteiger partial charge < -0.3 is 10.5 Å². The summed E-state index contributed by atoms with van der Waals surface area (Å²) in [6.45, 7) is 1.35. The van der Waals surface area contributed by atoms with Crippen molar-refractivity contribution >= 4 is 29.2 Å². The molecule has 0 saturated heterocycles. The van der Waals surface area contributed by atoms with Crippen molar-refractivity contribution in [1.82, 2.24) is 4.98 Å². The third-order valence-corrected chi connectivity index (χ3v) is 2.19. The number of anilines is 1. The van der Waals surface area contributed by atoms with Gasteiger partial charge in [0, 0.05) is 5.56 Å². The van der Waals surface area contributed by atoms with Crippen molar-refractivity contribution < 1.29 is 27.5 Å². The molecule has 0 spiro atoms. The van der Waals surface area contributed by atoms with E-state index in [4.69, 9.17) is 17.3 Å². The first kappa shape index (κ1) is 15.2. The number of aromatic nitrogens is 1. The first-order valence-electron chi connectivity index (χ1n) is 4.93. The van der Waals surface area contributed by atoms with Gasteiger partial charge in [0.1, 0.15) is 16.5 Å². The number of ketones is 1. The minimum absolute atomic E-state index is 0.0967. The predicted molar refractivity (Wildman–Crippen MR) is 60.0 cm³/mol. The van der Waals surface area contributed by atoms with Gasteiger partial charge in [0.2, 0.25) is 0 Å². The molecule has 9 heteroatoms. The summed E-state index contributed by atoms with van der Waals surface area (Å²) in [5, 5.41) is -0.432. The fourth-order valence-electron chi connectivity index (χ4n) is 1.28. The number of carbonyl (C=O) groups is 2. The average Bonchev–Trinajstić information content (AvgIpc) is 2.25. The molecule has 1 rings (SSSR count). The maximum atomic E-state index is 12.4. The number of halogens is 4. The van der Waals surface area contributed by atoms with E-state index in [-0.39, 0.29) is 6.61 Å². The summed E-state index contributed by atoms with van der Waals surface area (Å²) in [6.07, 6.45) is -5.17. The van der Waals surface area contributed by atoms with Gasteiger partial charge in [-0.2, -0.15) is 13.2 Å². The normalized spacial score (nSPS) is 11.2. The molecule has 0 bridgehead atoms. The molecule has 0 atom stereocenters. The largest absolute Gasteiger partial charge is 0.462 e. The molecule has 0 aliphatic rings. The highest BCUT2D eigenvalue weighted by Gasteiger charge is 2.42. The minimum Gasteiger partial charge on any atom is -0.462 e. The molecule has 2 N–H and O–H groups in total. The van der Waals surface area contributed by atoms with Crippen molar-refractivity contribution in [1.29, 1.82) is 0 Å². The average molecular weight is 297 g/mol. The number of Topliss-reactive ketones (excluding diaryl/α,β-unsaturated/α-hetero) is 1. The van der Waals surface area contributed by atoms with Crippen molar-refractivity contribution in [3.63, 3.8) is 0 Å². The minimum atomic E-state index is -5.17. The van der Waals surface area contributed by atoms with Crippen LogP contribution in [0.15, 0.2) is 6.07 Å². The Bertz CT molecular complexity index is 531. The lowest BCUT2D eigenvalue weighted by Crippen LogP contribution is -2.26. The molecule has 0 unspecified atom stereocenters. The Kier molecular flexibility index (Phi) is 4.35. The SMILES string of the molecule is CCOC(=O)c1c(C(=O)C(F)(F)F)cc(Cl)nc1N. The molecule has 19 heavy (non-hydrogen) atoms. The van der Waals surface area contributed by atoms with Crippen molar-refractivity contribution in [3.8, 4) is 0 Å². The molecule has 104 valence electrons. The van der Waals surface area contributed by atoms with Gasteiger partial charge in [0.15, 0.2) is 0 Å². The Morgan fingerprint density at radius 3 is 2.53 bits per heavy atom. The number of nitrogens with zero attached hydrogens (tertiary/aromatic N) is 1. The number of esters is 1. The van der Waals surface area contributed by atoms with E-state index in [0.29, 0.717) is 6.07 Å². The van der Waals surface area contributed by atoms with E-state index in [0.717, 1.165) is 0 Å². The smallest absolute Gasteiger partial charge is 0.454 e. The van der Waals surface area contributed by atoms with Crippen LogP contribution in [0.2, 0.25) is 5.15 Å². The van der Waals surface area contributed by atoms with E-state index in [9.17, 15) is 22.8 Å². The van der Waals surface area contributed by atoms with Crippen molar-refractivity contribution in [2.24, 2.45) is 0 Å². The van der Waals surface area contributed by atoms with Gasteiger partial charge in [-0.25, -0.2) is 9.78 Å². The highest BCUT2D eigenvalue weighted by atomic mass is 35.5. The Morgan fingerprint density at radius 2 is 2.05 bits per heavy atom. The molecular formula is C10H8ClF3N2O3. The molecule has 0 aliphatic heterocycles. The van der Waals surface area contributed by atoms with Gasteiger partial charge >= 0.3 is 12.1 Å². The number of carbonyl (C=O) groups excluding carboxylic acids is 2. The molecule has 0 fully saturated rings. The van der Waals surface area contributed by atoms with E-state index in [1.54, 1.807) is 0 Å². The second-order valence-electron chi connectivity index (χ2n) is 3.30. The van der Waals surface area contributed by atoms with Gasteiger partial charge in [-0.1, -0.05) is 11.6 Å². The molecule has 1 aromatic heterocycles. The summed E-state index contributed by atoms with van der Waals surface area (Å²) in [4.78, 5) is 26.2. The Hall–Kier alpha value is -1.83. The van der Waals surface area contributed by atoms with Crippen LogP contribution in [0.3, 0.4) is 0 Å². The van der Waals surface area contributed by atoms with Crippen molar-refractivity contribution in [2.45, 2.75) is 13.1 Å². The van der Waals surface area contributed by atoms with Gasteiger partial charge in [-0.15, -0.1) is 0 Å². The summed E-state index contributed by atoms with van der Waals surface area (Å²) < 4.78 is 41.8. The van der Waals surface area contributed by atoms with E-state index in [1.165, 1.54) is 6.92 Å². The lowest BCUT2D eigenvalue weighted by Gasteiger charge is -2.12. The molecule has 1 aromatic rings. The third-order valence-electron chi connectivity index (χ3n) is 2.00. The van der Waals surface area contributed by atoms with Gasteiger partial charge in [-0.3, -0.25) is 4.79 Å². The summed E-state index contributed by atoms with van der Waals surface area (Å²) >= 11 is 5.44. The van der Waals surface area contributed by atoms with Crippen LogP contribution in [0, 0.1) is 0 Å². The third kappa shape index (κ3) is 3.34. The molecule has 0 saturated carbocycles. The summed E-state index contributed by atoms with van der Waals surface area (Å²) in [5.41, 5.74) is 3.59. The van der Waals surface area contributed by atoms with Gasteiger partial charge in [0.25, 0.3) is 5.78 Å². The highest BCUT2D eigenvalue weighted by molar-refractivity contribution is 6.30. The number of pyridine rings is 1. The summed E-state index contributed by atoms with van der Waals surface area (Å²) in [5.74, 6) is -4.01. The van der Waals surface area contributed by atoms with Crippen LogP contribution in [-0.2, 0) is 4.74 Å².